The standard InChI is InChI=1S/C26H24N4O3/c1-29-15-16-30(26-25(29)27-22-9-5-6-10-23(22)28-26)24(31)18-33-21-13-11-20(12-14-21)32-17-19-7-3-2-4-8-19/h2-14H,15-18H2,1H3. The van der Waals surface area contributed by atoms with Gasteiger partial charge in [0, 0.05) is 20.1 Å². The molecule has 1 aliphatic rings. The van der Waals surface area contributed by atoms with Crippen LogP contribution in [0.25, 0.3) is 11.0 Å². The van der Waals surface area contributed by atoms with E-state index in [1.807, 2.05) is 78.7 Å². The molecule has 2 heterocycles. The van der Waals surface area contributed by atoms with E-state index in [0.29, 0.717) is 37.1 Å². The molecule has 0 atom stereocenters. The van der Waals surface area contributed by atoms with Gasteiger partial charge in [0.15, 0.2) is 18.2 Å². The zero-order chi connectivity index (χ0) is 22.6. The summed E-state index contributed by atoms with van der Waals surface area (Å²) in [5, 5.41) is 0. The first kappa shape index (κ1) is 20.8. The highest BCUT2D eigenvalue weighted by Gasteiger charge is 2.28. The quantitative estimate of drug-likeness (QED) is 0.450. The van der Waals surface area contributed by atoms with E-state index in [0.717, 1.165) is 22.3 Å². The summed E-state index contributed by atoms with van der Waals surface area (Å²) < 4.78 is 11.6. The van der Waals surface area contributed by atoms with Crippen molar-refractivity contribution < 1.29 is 14.3 Å². The summed E-state index contributed by atoms with van der Waals surface area (Å²) in [7, 11) is 1.96. The van der Waals surface area contributed by atoms with E-state index in [2.05, 4.69) is 0 Å². The van der Waals surface area contributed by atoms with Gasteiger partial charge in [-0.15, -0.1) is 0 Å². The van der Waals surface area contributed by atoms with Crippen LogP contribution < -0.4 is 19.3 Å². The zero-order valence-electron chi connectivity index (χ0n) is 18.3. The zero-order valence-corrected chi connectivity index (χ0v) is 18.3. The van der Waals surface area contributed by atoms with E-state index >= 15 is 0 Å². The van der Waals surface area contributed by atoms with Gasteiger partial charge in [0.25, 0.3) is 5.91 Å². The predicted octanol–water partition coefficient (Wildman–Crippen LogP) is 4.07. The van der Waals surface area contributed by atoms with Crippen molar-refractivity contribution in [1.82, 2.24) is 9.97 Å². The van der Waals surface area contributed by atoms with Gasteiger partial charge in [-0.05, 0) is 42.0 Å². The van der Waals surface area contributed by atoms with Crippen molar-refractivity contribution in [3.63, 3.8) is 0 Å². The van der Waals surface area contributed by atoms with E-state index in [4.69, 9.17) is 19.4 Å². The summed E-state index contributed by atoms with van der Waals surface area (Å²) in [6.45, 7) is 1.63. The van der Waals surface area contributed by atoms with Crippen LogP contribution in [0.2, 0.25) is 0 Å². The number of fused-ring (bicyclic) bond motifs is 2. The van der Waals surface area contributed by atoms with Crippen LogP contribution in [0.5, 0.6) is 11.5 Å². The number of hydrogen-bond donors (Lipinski definition) is 0. The first-order valence-corrected chi connectivity index (χ1v) is 10.9. The summed E-state index contributed by atoms with van der Waals surface area (Å²) in [5.41, 5.74) is 2.67. The minimum atomic E-state index is -0.154. The molecule has 3 aromatic carbocycles. The fourth-order valence-corrected chi connectivity index (χ4v) is 3.72. The fraction of sp³-hybridized carbons (Fsp3) is 0.192. The van der Waals surface area contributed by atoms with Crippen LogP contribution in [0.15, 0.2) is 78.9 Å². The first-order valence-electron chi connectivity index (χ1n) is 10.9. The van der Waals surface area contributed by atoms with Crippen LogP contribution in [0.1, 0.15) is 5.56 Å². The van der Waals surface area contributed by atoms with Gasteiger partial charge in [0.1, 0.15) is 18.1 Å². The van der Waals surface area contributed by atoms with Crippen LogP contribution in [0, 0.1) is 0 Å². The van der Waals surface area contributed by atoms with Crippen molar-refractivity contribution in [2.75, 3.05) is 36.5 Å². The second-order valence-electron chi connectivity index (χ2n) is 7.86. The normalized spacial score (nSPS) is 13.0. The molecule has 1 aliphatic heterocycles. The topological polar surface area (TPSA) is 67.8 Å². The predicted molar refractivity (Wildman–Crippen MR) is 128 cm³/mol. The Kier molecular flexibility index (Phi) is 5.76. The number of carbonyl (C=O) groups is 1. The van der Waals surface area contributed by atoms with E-state index < -0.39 is 0 Å². The molecule has 1 aromatic heterocycles. The number of nitrogens with zero attached hydrogens (tertiary/aromatic N) is 4. The number of rotatable bonds is 6. The molecule has 0 spiro atoms. The molecular formula is C26H24N4O3. The first-order chi connectivity index (χ1) is 16.2. The molecule has 4 aromatic rings. The molecule has 0 aliphatic carbocycles. The average Bonchev–Trinajstić information content (AvgIpc) is 2.86. The van der Waals surface area contributed by atoms with Gasteiger partial charge in [-0.1, -0.05) is 42.5 Å². The van der Waals surface area contributed by atoms with Gasteiger partial charge < -0.3 is 14.4 Å². The van der Waals surface area contributed by atoms with E-state index in [1.165, 1.54) is 0 Å². The second kappa shape index (κ2) is 9.16. The van der Waals surface area contributed by atoms with Crippen LogP contribution in [0.3, 0.4) is 0 Å². The maximum atomic E-state index is 13.0. The van der Waals surface area contributed by atoms with Crippen LogP contribution in [-0.2, 0) is 11.4 Å². The number of amides is 1. The third kappa shape index (κ3) is 4.57. The lowest BCUT2D eigenvalue weighted by Gasteiger charge is -2.33. The summed E-state index contributed by atoms with van der Waals surface area (Å²) in [6.07, 6.45) is 0. The third-order valence-electron chi connectivity index (χ3n) is 5.55. The Bertz CT molecular complexity index is 1260. The van der Waals surface area contributed by atoms with Gasteiger partial charge >= 0.3 is 0 Å². The lowest BCUT2D eigenvalue weighted by Crippen LogP contribution is -2.45. The summed E-state index contributed by atoms with van der Waals surface area (Å²) in [6, 6.07) is 24.9. The fourth-order valence-electron chi connectivity index (χ4n) is 3.72. The van der Waals surface area contributed by atoms with E-state index in [1.54, 1.807) is 17.0 Å². The molecule has 0 fully saturated rings. The smallest absolute Gasteiger partial charge is 0.266 e. The van der Waals surface area contributed by atoms with Crippen molar-refractivity contribution in [3.8, 4) is 11.5 Å². The molecule has 0 bridgehead atoms. The summed E-state index contributed by atoms with van der Waals surface area (Å²) in [5.74, 6) is 2.47. The lowest BCUT2D eigenvalue weighted by atomic mass is 10.2. The van der Waals surface area contributed by atoms with Gasteiger partial charge in [0.2, 0.25) is 0 Å². The Morgan fingerprint density at radius 1 is 0.788 bits per heavy atom. The molecule has 166 valence electrons. The Labute approximate surface area is 192 Å². The van der Waals surface area contributed by atoms with E-state index in [9.17, 15) is 4.79 Å². The summed E-state index contributed by atoms with van der Waals surface area (Å²) >= 11 is 0. The highest BCUT2D eigenvalue weighted by atomic mass is 16.5. The monoisotopic (exact) mass is 440 g/mol. The Morgan fingerprint density at radius 2 is 1.39 bits per heavy atom. The van der Waals surface area contributed by atoms with E-state index in [-0.39, 0.29) is 12.5 Å². The molecule has 7 heteroatoms. The number of para-hydroxylation sites is 2. The number of benzene rings is 3. The van der Waals surface area contributed by atoms with Gasteiger partial charge in [-0.25, -0.2) is 9.97 Å². The molecule has 7 nitrogen and oxygen atoms in total. The molecule has 0 unspecified atom stereocenters. The molecule has 0 N–H and O–H groups in total. The van der Waals surface area contributed by atoms with Crippen molar-refractivity contribution in [1.29, 1.82) is 0 Å². The number of hydrogen-bond acceptors (Lipinski definition) is 6. The lowest BCUT2D eigenvalue weighted by molar-refractivity contribution is -0.120. The molecule has 0 radical (unpaired) electrons. The molecule has 5 rings (SSSR count). The maximum Gasteiger partial charge on any atom is 0.266 e. The van der Waals surface area contributed by atoms with Crippen molar-refractivity contribution in [2.45, 2.75) is 6.61 Å². The van der Waals surface area contributed by atoms with Crippen molar-refractivity contribution in [3.05, 3.63) is 84.4 Å². The Morgan fingerprint density at radius 3 is 2.09 bits per heavy atom. The molecule has 0 saturated heterocycles. The number of anilines is 2. The Balaban J connectivity index is 1.23. The molecule has 1 amide bonds. The van der Waals surface area contributed by atoms with Crippen molar-refractivity contribution >= 4 is 28.6 Å². The van der Waals surface area contributed by atoms with Gasteiger partial charge in [-0.2, -0.15) is 0 Å². The number of aromatic nitrogens is 2. The van der Waals surface area contributed by atoms with Crippen LogP contribution in [-0.4, -0.2) is 42.6 Å². The highest BCUT2D eigenvalue weighted by Crippen LogP contribution is 2.30. The minimum Gasteiger partial charge on any atom is -0.489 e. The Hall–Kier alpha value is -4.13. The average molecular weight is 441 g/mol. The number of ether oxygens (including phenoxy) is 2. The third-order valence-corrected chi connectivity index (χ3v) is 5.55. The number of likely N-dealkylation sites (N-methyl/N-ethyl adjacent to an activating group) is 1. The van der Waals surface area contributed by atoms with Crippen LogP contribution >= 0.6 is 0 Å². The molecule has 33 heavy (non-hydrogen) atoms. The largest absolute Gasteiger partial charge is 0.489 e. The number of carbonyl (C=O) groups excluding carboxylic acids is 1. The summed E-state index contributed by atoms with van der Waals surface area (Å²) in [4.78, 5) is 26.1. The SMILES string of the molecule is CN1CCN(C(=O)COc2ccc(OCc3ccccc3)cc2)c2nc3ccccc3nc21. The van der Waals surface area contributed by atoms with Gasteiger partial charge in [0.05, 0.1) is 11.0 Å². The van der Waals surface area contributed by atoms with Crippen LogP contribution in [0.4, 0.5) is 11.6 Å². The molecular weight excluding hydrogens is 416 g/mol. The highest BCUT2D eigenvalue weighted by molar-refractivity contribution is 5.98. The second-order valence-corrected chi connectivity index (χ2v) is 7.86. The maximum absolute atomic E-state index is 13.0. The van der Waals surface area contributed by atoms with Crippen molar-refractivity contribution in [2.24, 2.45) is 0 Å². The minimum absolute atomic E-state index is 0.0815. The molecule has 0 saturated carbocycles. The van der Waals surface area contributed by atoms with Gasteiger partial charge in [-0.3, -0.25) is 9.69 Å².